The average molecular weight is 388 g/mol. The van der Waals surface area contributed by atoms with Crippen molar-refractivity contribution in [3.8, 4) is 17.0 Å². The van der Waals surface area contributed by atoms with E-state index in [2.05, 4.69) is 15.3 Å². The first kappa shape index (κ1) is 18.6. The van der Waals surface area contributed by atoms with Crippen LogP contribution in [0.4, 0.5) is 0 Å². The molecule has 0 spiro atoms. The molecule has 3 aromatic rings. The van der Waals surface area contributed by atoms with Gasteiger partial charge < -0.3 is 15.0 Å². The SMILES string of the molecule is CNC(=O)c1nccc(-c2ccc3c(c2)C(=O)N(Cc2ccc(OC)cc2)C3)n1. The summed E-state index contributed by atoms with van der Waals surface area (Å²) in [5.74, 6) is 0.515. The lowest BCUT2D eigenvalue weighted by Gasteiger charge is -2.15. The highest BCUT2D eigenvalue weighted by atomic mass is 16.5. The van der Waals surface area contributed by atoms with Crippen LogP contribution in [0.15, 0.2) is 54.7 Å². The van der Waals surface area contributed by atoms with E-state index < -0.39 is 0 Å². The minimum Gasteiger partial charge on any atom is -0.497 e. The van der Waals surface area contributed by atoms with E-state index in [9.17, 15) is 9.59 Å². The molecule has 146 valence electrons. The fourth-order valence-electron chi connectivity index (χ4n) is 3.34. The van der Waals surface area contributed by atoms with Gasteiger partial charge in [-0.2, -0.15) is 0 Å². The lowest BCUT2D eigenvalue weighted by molar-refractivity contribution is 0.0766. The van der Waals surface area contributed by atoms with Crippen molar-refractivity contribution in [3.63, 3.8) is 0 Å². The van der Waals surface area contributed by atoms with Crippen molar-refractivity contribution < 1.29 is 14.3 Å². The van der Waals surface area contributed by atoms with Crippen LogP contribution in [0.3, 0.4) is 0 Å². The standard InChI is InChI=1S/C22H20N4O3/c1-23-21(27)20-24-10-9-19(25-20)15-5-6-16-13-26(22(28)18(16)11-15)12-14-3-7-17(29-2)8-4-14/h3-11H,12-13H2,1-2H3,(H,23,27). The van der Waals surface area contributed by atoms with Gasteiger partial charge in [0.15, 0.2) is 0 Å². The van der Waals surface area contributed by atoms with Crippen LogP contribution in [-0.2, 0) is 13.1 Å². The number of nitrogens with one attached hydrogen (secondary N) is 1. The van der Waals surface area contributed by atoms with E-state index in [-0.39, 0.29) is 17.6 Å². The van der Waals surface area contributed by atoms with E-state index in [0.29, 0.717) is 24.3 Å². The van der Waals surface area contributed by atoms with E-state index >= 15 is 0 Å². The first-order valence-corrected chi connectivity index (χ1v) is 9.19. The fourth-order valence-corrected chi connectivity index (χ4v) is 3.34. The van der Waals surface area contributed by atoms with Crippen molar-refractivity contribution in [2.45, 2.75) is 13.1 Å². The summed E-state index contributed by atoms with van der Waals surface area (Å²) in [5, 5.41) is 2.51. The van der Waals surface area contributed by atoms with Crippen molar-refractivity contribution in [1.29, 1.82) is 0 Å². The second kappa shape index (κ2) is 7.71. The van der Waals surface area contributed by atoms with Crippen molar-refractivity contribution >= 4 is 11.8 Å². The molecule has 2 heterocycles. The summed E-state index contributed by atoms with van der Waals surface area (Å²) < 4.78 is 5.18. The van der Waals surface area contributed by atoms with Gasteiger partial charge >= 0.3 is 0 Å². The van der Waals surface area contributed by atoms with Gasteiger partial charge in [0.25, 0.3) is 11.8 Å². The highest BCUT2D eigenvalue weighted by Gasteiger charge is 2.27. The number of hydrogen-bond acceptors (Lipinski definition) is 5. The summed E-state index contributed by atoms with van der Waals surface area (Å²) in [4.78, 5) is 34.8. The lowest BCUT2D eigenvalue weighted by Crippen LogP contribution is -2.23. The molecule has 2 amide bonds. The van der Waals surface area contributed by atoms with Crippen LogP contribution in [-0.4, -0.2) is 40.8 Å². The monoisotopic (exact) mass is 388 g/mol. The molecule has 29 heavy (non-hydrogen) atoms. The Morgan fingerprint density at radius 2 is 1.97 bits per heavy atom. The van der Waals surface area contributed by atoms with E-state index in [0.717, 1.165) is 22.4 Å². The van der Waals surface area contributed by atoms with E-state index in [1.807, 2.05) is 47.4 Å². The Bertz CT molecular complexity index is 1080. The minimum absolute atomic E-state index is 0.0155. The Kier molecular flexibility index (Phi) is 4.95. The van der Waals surface area contributed by atoms with Crippen LogP contribution < -0.4 is 10.1 Å². The average Bonchev–Trinajstić information content (AvgIpc) is 3.08. The molecule has 1 N–H and O–H groups in total. The van der Waals surface area contributed by atoms with Crippen LogP contribution >= 0.6 is 0 Å². The van der Waals surface area contributed by atoms with Gasteiger partial charge in [-0.15, -0.1) is 0 Å². The molecular weight excluding hydrogens is 368 g/mol. The molecule has 1 aromatic heterocycles. The van der Waals surface area contributed by atoms with Gasteiger partial charge in [0.1, 0.15) is 5.75 Å². The van der Waals surface area contributed by atoms with E-state index in [1.165, 1.54) is 13.2 Å². The second-order valence-corrected chi connectivity index (χ2v) is 6.73. The van der Waals surface area contributed by atoms with Gasteiger partial charge in [-0.05, 0) is 35.4 Å². The van der Waals surface area contributed by atoms with Crippen LogP contribution in [0.5, 0.6) is 5.75 Å². The molecule has 0 saturated carbocycles. The van der Waals surface area contributed by atoms with Gasteiger partial charge in [0.05, 0.1) is 12.8 Å². The van der Waals surface area contributed by atoms with Crippen LogP contribution in [0.1, 0.15) is 32.1 Å². The zero-order valence-corrected chi connectivity index (χ0v) is 16.2. The summed E-state index contributed by atoms with van der Waals surface area (Å²) >= 11 is 0. The zero-order chi connectivity index (χ0) is 20.4. The summed E-state index contributed by atoms with van der Waals surface area (Å²) in [6.07, 6.45) is 1.54. The topological polar surface area (TPSA) is 84.4 Å². The number of benzene rings is 2. The largest absolute Gasteiger partial charge is 0.497 e. The number of aromatic nitrogens is 2. The summed E-state index contributed by atoms with van der Waals surface area (Å²) in [5.41, 5.74) is 4.06. The normalized spacial score (nSPS) is 12.6. The number of amides is 2. The minimum atomic E-state index is -0.352. The van der Waals surface area contributed by atoms with Gasteiger partial charge in [-0.25, -0.2) is 9.97 Å². The predicted octanol–water partition coefficient (Wildman–Crippen LogP) is 2.67. The number of hydrogen-bond donors (Lipinski definition) is 1. The molecule has 2 aromatic carbocycles. The van der Waals surface area contributed by atoms with Gasteiger partial charge in [0, 0.05) is 37.5 Å². The van der Waals surface area contributed by atoms with Crippen LogP contribution in [0.2, 0.25) is 0 Å². The maximum Gasteiger partial charge on any atom is 0.288 e. The second-order valence-electron chi connectivity index (χ2n) is 6.73. The molecule has 0 aliphatic carbocycles. The number of rotatable bonds is 5. The van der Waals surface area contributed by atoms with Crippen molar-refractivity contribution in [2.24, 2.45) is 0 Å². The number of fused-ring (bicyclic) bond motifs is 1. The molecule has 4 rings (SSSR count). The predicted molar refractivity (Wildman–Crippen MR) is 107 cm³/mol. The quantitative estimate of drug-likeness (QED) is 0.726. The smallest absolute Gasteiger partial charge is 0.288 e. The molecule has 0 saturated heterocycles. The molecule has 0 fully saturated rings. The third-order valence-corrected chi connectivity index (χ3v) is 4.90. The van der Waals surface area contributed by atoms with Crippen molar-refractivity contribution in [3.05, 3.63) is 77.2 Å². The molecule has 1 aliphatic heterocycles. The van der Waals surface area contributed by atoms with E-state index in [1.54, 1.807) is 13.2 Å². The lowest BCUT2D eigenvalue weighted by atomic mass is 10.0. The number of ether oxygens (including phenoxy) is 1. The molecule has 0 radical (unpaired) electrons. The molecular formula is C22H20N4O3. The van der Waals surface area contributed by atoms with Crippen LogP contribution in [0, 0.1) is 0 Å². The number of methoxy groups -OCH3 is 1. The Hall–Kier alpha value is -3.74. The third-order valence-electron chi connectivity index (χ3n) is 4.90. The Morgan fingerprint density at radius 1 is 1.17 bits per heavy atom. The fraction of sp³-hybridized carbons (Fsp3) is 0.182. The van der Waals surface area contributed by atoms with Gasteiger partial charge in [-0.1, -0.05) is 24.3 Å². The van der Waals surface area contributed by atoms with Gasteiger partial charge in [0.2, 0.25) is 5.82 Å². The number of carbonyl (C=O) groups is 2. The maximum absolute atomic E-state index is 12.9. The Morgan fingerprint density at radius 3 is 2.69 bits per heavy atom. The molecule has 0 unspecified atom stereocenters. The Labute approximate surface area is 168 Å². The maximum atomic E-state index is 12.9. The zero-order valence-electron chi connectivity index (χ0n) is 16.2. The van der Waals surface area contributed by atoms with E-state index in [4.69, 9.17) is 4.74 Å². The third kappa shape index (κ3) is 3.67. The summed E-state index contributed by atoms with van der Waals surface area (Å²) in [6.45, 7) is 1.09. The van der Waals surface area contributed by atoms with Crippen molar-refractivity contribution in [2.75, 3.05) is 14.2 Å². The highest BCUT2D eigenvalue weighted by molar-refractivity contribution is 5.99. The van der Waals surface area contributed by atoms with Gasteiger partial charge in [-0.3, -0.25) is 9.59 Å². The molecule has 0 bridgehead atoms. The van der Waals surface area contributed by atoms with Crippen molar-refractivity contribution in [1.82, 2.24) is 20.2 Å². The highest BCUT2D eigenvalue weighted by Crippen LogP contribution is 2.29. The molecule has 1 aliphatic rings. The Balaban J connectivity index is 1.57. The first-order chi connectivity index (χ1) is 14.1. The number of carbonyl (C=O) groups excluding carboxylic acids is 2. The number of nitrogens with zero attached hydrogens (tertiary/aromatic N) is 3. The molecule has 7 nitrogen and oxygen atoms in total. The molecule has 0 atom stereocenters. The summed E-state index contributed by atoms with van der Waals surface area (Å²) in [7, 11) is 3.16. The molecule has 7 heteroatoms. The first-order valence-electron chi connectivity index (χ1n) is 9.19. The van der Waals surface area contributed by atoms with Crippen LogP contribution in [0.25, 0.3) is 11.3 Å². The summed E-state index contributed by atoms with van der Waals surface area (Å²) in [6, 6.07) is 15.1.